The van der Waals surface area contributed by atoms with Crippen LogP contribution in [0.25, 0.3) is 0 Å². The molecule has 2 aliphatic rings. The number of hydrogen-bond acceptors (Lipinski definition) is 4. The van der Waals surface area contributed by atoms with Gasteiger partial charge in [0.25, 0.3) is 5.91 Å². The molecule has 2 atom stereocenters. The maximum atomic E-state index is 13.5. The van der Waals surface area contributed by atoms with E-state index >= 15 is 0 Å². The Hall–Kier alpha value is -1.73. The van der Waals surface area contributed by atoms with Crippen LogP contribution in [-0.2, 0) is 4.79 Å². The lowest BCUT2D eigenvalue weighted by molar-refractivity contribution is -0.135. The molecule has 1 aliphatic heterocycles. The van der Waals surface area contributed by atoms with E-state index < -0.39 is 11.6 Å². The Balaban J connectivity index is 1.46. The fourth-order valence-electron chi connectivity index (χ4n) is 3.47. The number of ether oxygens (including phenoxy) is 1. The number of nitrogens with zero attached hydrogens (tertiary/aromatic N) is 2. The molecular formula is C17H22F2N2O3. The summed E-state index contributed by atoms with van der Waals surface area (Å²) in [5.41, 5.74) is 0. The summed E-state index contributed by atoms with van der Waals surface area (Å²) in [4.78, 5) is 16.1. The number of carbonyl (C=O) groups is 1. The molecule has 1 saturated heterocycles. The van der Waals surface area contributed by atoms with Crippen molar-refractivity contribution in [1.82, 2.24) is 9.80 Å². The summed E-state index contributed by atoms with van der Waals surface area (Å²) in [6.45, 7) is 2.31. The van der Waals surface area contributed by atoms with E-state index in [-0.39, 0.29) is 30.4 Å². The minimum atomic E-state index is -0.817. The molecule has 0 bridgehead atoms. The molecule has 7 heteroatoms. The van der Waals surface area contributed by atoms with Gasteiger partial charge in [0.2, 0.25) is 0 Å². The van der Waals surface area contributed by atoms with Gasteiger partial charge < -0.3 is 14.7 Å². The van der Waals surface area contributed by atoms with Gasteiger partial charge in [0.15, 0.2) is 18.2 Å². The van der Waals surface area contributed by atoms with Gasteiger partial charge in [-0.25, -0.2) is 8.78 Å². The number of hydrogen-bond donors (Lipinski definition) is 1. The molecule has 1 heterocycles. The Morgan fingerprint density at radius 1 is 1.21 bits per heavy atom. The van der Waals surface area contributed by atoms with Crippen LogP contribution in [0.15, 0.2) is 18.2 Å². The molecule has 1 aromatic carbocycles. The number of aliphatic hydroxyl groups is 1. The van der Waals surface area contributed by atoms with Crippen LogP contribution in [0, 0.1) is 11.6 Å². The van der Waals surface area contributed by atoms with E-state index in [0.29, 0.717) is 13.1 Å². The van der Waals surface area contributed by atoms with Crippen LogP contribution in [0.2, 0.25) is 0 Å². The van der Waals surface area contributed by atoms with E-state index in [1.54, 1.807) is 4.90 Å². The van der Waals surface area contributed by atoms with Crippen molar-refractivity contribution in [2.24, 2.45) is 0 Å². The Morgan fingerprint density at radius 3 is 2.58 bits per heavy atom. The zero-order valence-corrected chi connectivity index (χ0v) is 13.5. The number of benzene rings is 1. The first-order valence-electron chi connectivity index (χ1n) is 8.32. The Morgan fingerprint density at radius 2 is 1.96 bits per heavy atom. The molecule has 1 saturated carbocycles. The third kappa shape index (κ3) is 3.84. The number of carbonyl (C=O) groups excluding carboxylic acids is 1. The summed E-state index contributed by atoms with van der Waals surface area (Å²) in [6, 6.07) is 3.20. The number of aliphatic hydroxyl groups excluding tert-OH is 1. The van der Waals surface area contributed by atoms with Crippen molar-refractivity contribution in [1.29, 1.82) is 0 Å². The molecular weight excluding hydrogens is 318 g/mol. The minimum Gasteiger partial charge on any atom is -0.481 e. The van der Waals surface area contributed by atoms with Crippen LogP contribution in [-0.4, -0.2) is 65.7 Å². The van der Waals surface area contributed by atoms with Crippen molar-refractivity contribution in [2.75, 3.05) is 32.8 Å². The lowest BCUT2D eigenvalue weighted by atomic mass is 10.1. The van der Waals surface area contributed by atoms with E-state index in [1.807, 2.05) is 0 Å². The first-order valence-corrected chi connectivity index (χ1v) is 8.32. The minimum absolute atomic E-state index is 0.127. The van der Waals surface area contributed by atoms with Crippen molar-refractivity contribution in [2.45, 2.75) is 31.4 Å². The number of piperazine rings is 1. The maximum Gasteiger partial charge on any atom is 0.260 e. The molecule has 132 valence electrons. The number of amides is 1. The Bertz CT molecular complexity index is 591. The van der Waals surface area contributed by atoms with E-state index in [9.17, 15) is 18.7 Å². The predicted molar refractivity (Wildman–Crippen MR) is 83.7 cm³/mol. The summed E-state index contributed by atoms with van der Waals surface area (Å²) in [5.74, 6) is -1.85. The summed E-state index contributed by atoms with van der Waals surface area (Å²) in [6.07, 6.45) is 2.63. The second-order valence-corrected chi connectivity index (χ2v) is 6.35. The predicted octanol–water partition coefficient (Wildman–Crippen LogP) is 1.40. The van der Waals surface area contributed by atoms with Crippen LogP contribution in [0.5, 0.6) is 5.75 Å². The largest absolute Gasteiger partial charge is 0.481 e. The van der Waals surface area contributed by atoms with Gasteiger partial charge >= 0.3 is 0 Å². The molecule has 1 aromatic rings. The number of rotatable bonds is 4. The quantitative estimate of drug-likeness (QED) is 0.900. The summed E-state index contributed by atoms with van der Waals surface area (Å²) in [7, 11) is 0. The molecule has 2 fully saturated rings. The van der Waals surface area contributed by atoms with Gasteiger partial charge in [-0.05, 0) is 31.4 Å². The summed E-state index contributed by atoms with van der Waals surface area (Å²) >= 11 is 0. The third-order valence-corrected chi connectivity index (χ3v) is 4.82. The smallest absolute Gasteiger partial charge is 0.260 e. The second kappa shape index (κ2) is 7.44. The van der Waals surface area contributed by atoms with E-state index in [1.165, 1.54) is 6.07 Å². The summed E-state index contributed by atoms with van der Waals surface area (Å²) < 4.78 is 31.5. The molecule has 0 unspecified atom stereocenters. The molecule has 24 heavy (non-hydrogen) atoms. The highest BCUT2D eigenvalue weighted by Crippen LogP contribution is 2.25. The van der Waals surface area contributed by atoms with Crippen molar-refractivity contribution in [3.63, 3.8) is 0 Å². The highest BCUT2D eigenvalue weighted by molar-refractivity contribution is 5.77. The van der Waals surface area contributed by atoms with Crippen LogP contribution in [0.1, 0.15) is 19.3 Å². The monoisotopic (exact) mass is 340 g/mol. The van der Waals surface area contributed by atoms with Crippen LogP contribution in [0.3, 0.4) is 0 Å². The highest BCUT2D eigenvalue weighted by atomic mass is 19.1. The van der Waals surface area contributed by atoms with Crippen LogP contribution in [0.4, 0.5) is 8.78 Å². The average molecular weight is 340 g/mol. The first-order chi connectivity index (χ1) is 11.5. The first kappa shape index (κ1) is 17.1. The zero-order chi connectivity index (χ0) is 17.1. The molecule has 0 aromatic heterocycles. The SMILES string of the molecule is O=C(COc1ccc(F)cc1F)N1CCN([C@@H]2CCC[C@@H]2O)CC1. The Labute approximate surface area is 139 Å². The topological polar surface area (TPSA) is 53.0 Å². The number of halogens is 2. The third-order valence-electron chi connectivity index (χ3n) is 4.82. The normalized spacial score (nSPS) is 25.0. The van der Waals surface area contributed by atoms with Gasteiger partial charge in [0.05, 0.1) is 6.10 Å². The molecule has 0 spiro atoms. The van der Waals surface area contributed by atoms with Crippen LogP contribution >= 0.6 is 0 Å². The van der Waals surface area contributed by atoms with E-state index in [0.717, 1.165) is 44.5 Å². The van der Waals surface area contributed by atoms with Crippen molar-refractivity contribution in [3.05, 3.63) is 29.8 Å². The molecule has 5 nitrogen and oxygen atoms in total. The van der Waals surface area contributed by atoms with Gasteiger partial charge in [-0.15, -0.1) is 0 Å². The van der Waals surface area contributed by atoms with E-state index in [2.05, 4.69) is 4.90 Å². The van der Waals surface area contributed by atoms with Crippen molar-refractivity contribution in [3.8, 4) is 5.75 Å². The zero-order valence-electron chi connectivity index (χ0n) is 13.5. The van der Waals surface area contributed by atoms with Gasteiger partial charge in [-0.2, -0.15) is 0 Å². The fourth-order valence-corrected chi connectivity index (χ4v) is 3.47. The van der Waals surface area contributed by atoms with Gasteiger partial charge in [-0.1, -0.05) is 0 Å². The summed E-state index contributed by atoms with van der Waals surface area (Å²) in [5, 5.41) is 9.97. The highest BCUT2D eigenvalue weighted by Gasteiger charge is 2.33. The van der Waals surface area contributed by atoms with Gasteiger partial charge in [-0.3, -0.25) is 9.69 Å². The molecule has 1 N–H and O–H groups in total. The molecule has 1 aliphatic carbocycles. The van der Waals surface area contributed by atoms with Gasteiger partial charge in [0.1, 0.15) is 5.82 Å². The van der Waals surface area contributed by atoms with Gasteiger partial charge in [0, 0.05) is 38.3 Å². The fraction of sp³-hybridized carbons (Fsp3) is 0.588. The molecule has 1 amide bonds. The van der Waals surface area contributed by atoms with E-state index in [4.69, 9.17) is 4.74 Å². The van der Waals surface area contributed by atoms with Crippen molar-refractivity contribution < 1.29 is 23.4 Å². The lowest BCUT2D eigenvalue weighted by Gasteiger charge is -2.39. The average Bonchev–Trinajstić information content (AvgIpc) is 3.00. The molecule has 0 radical (unpaired) electrons. The maximum absolute atomic E-state index is 13.5. The van der Waals surface area contributed by atoms with Crippen molar-refractivity contribution >= 4 is 5.91 Å². The lowest BCUT2D eigenvalue weighted by Crippen LogP contribution is -2.54. The Kier molecular flexibility index (Phi) is 5.30. The van der Waals surface area contributed by atoms with Crippen LogP contribution < -0.4 is 4.74 Å². The standard InChI is InChI=1S/C17H22F2N2O3/c18-12-4-5-16(13(19)10-12)24-11-17(23)21-8-6-20(7-9-21)14-2-1-3-15(14)22/h4-5,10,14-15,22H,1-3,6-9,11H2/t14-,15+/m1/s1. The molecule has 3 rings (SSSR count). The second-order valence-electron chi connectivity index (χ2n) is 6.35.